The van der Waals surface area contributed by atoms with Gasteiger partial charge in [0.15, 0.2) is 0 Å². The maximum atomic E-state index is 12.6. The first kappa shape index (κ1) is 77.6. The summed E-state index contributed by atoms with van der Waals surface area (Å²) in [6.45, 7) is 4.99. The van der Waals surface area contributed by atoms with E-state index in [2.05, 4.69) is 31.3 Å². The average Bonchev–Trinajstić information content (AvgIpc) is 3.45. The van der Waals surface area contributed by atoms with E-state index < -0.39 is 12.1 Å². The summed E-state index contributed by atoms with van der Waals surface area (Å²) in [5, 5.41) is 23.5. The Morgan fingerprint density at radius 2 is 0.595 bits per heavy atom. The Bertz CT molecular complexity index is 1190. The lowest BCUT2D eigenvalue weighted by atomic mass is 10.0. The van der Waals surface area contributed by atoms with Gasteiger partial charge in [-0.05, 0) is 51.4 Å². The fourth-order valence-corrected chi connectivity index (χ4v) is 11.8. The molecule has 0 fully saturated rings. The Morgan fingerprint density at radius 3 is 0.899 bits per heavy atom. The standard InChI is InChI=1S/C73H143NO5/c1-3-5-7-9-11-13-15-17-19-21-22-23-24-25-27-30-34-37-41-45-49-53-57-61-65-71(76)70(69-75)74-72(77)66-62-58-54-50-46-42-38-35-31-28-26-29-32-36-40-44-48-52-56-60-64-68-79-73(78)67-63-59-55-51-47-43-39-33-20-18-16-14-12-10-8-6-4-2/h18,20,70-71,75-76H,3-17,19,21-69H2,1-2H3,(H,74,77)/b20-18-. The van der Waals surface area contributed by atoms with Crippen LogP contribution >= 0.6 is 0 Å². The number of aliphatic hydroxyl groups excluding tert-OH is 2. The van der Waals surface area contributed by atoms with Gasteiger partial charge in [0.1, 0.15) is 0 Å². The van der Waals surface area contributed by atoms with Crippen LogP contribution in [0.3, 0.4) is 0 Å². The fourth-order valence-electron chi connectivity index (χ4n) is 11.8. The van der Waals surface area contributed by atoms with Gasteiger partial charge in [-0.3, -0.25) is 9.59 Å². The van der Waals surface area contributed by atoms with Gasteiger partial charge in [0.05, 0.1) is 25.4 Å². The highest BCUT2D eigenvalue weighted by Gasteiger charge is 2.20. The molecule has 470 valence electrons. The number of carbonyl (C=O) groups is 2. The van der Waals surface area contributed by atoms with E-state index in [9.17, 15) is 19.8 Å². The molecule has 0 saturated heterocycles. The SMILES string of the molecule is CCCCCCCC/C=C\CCCCCCCCCC(=O)OCCCCCCCCCCCCCCCCCCCCCCCC(=O)NC(CO)C(O)CCCCCCCCCCCCCCCCCCCCCCCCCC. The monoisotopic (exact) mass is 1110 g/mol. The summed E-state index contributed by atoms with van der Waals surface area (Å²) in [7, 11) is 0. The first-order valence-corrected chi connectivity index (χ1v) is 36.4. The van der Waals surface area contributed by atoms with Gasteiger partial charge < -0.3 is 20.3 Å². The quantitative estimate of drug-likeness (QED) is 0.0320. The zero-order chi connectivity index (χ0) is 57.1. The second-order valence-electron chi connectivity index (χ2n) is 25.3. The highest BCUT2D eigenvalue weighted by Crippen LogP contribution is 2.19. The number of unbranched alkanes of at least 4 members (excludes halogenated alkanes) is 56. The molecule has 0 rings (SSSR count). The van der Waals surface area contributed by atoms with Crippen LogP contribution in [-0.2, 0) is 14.3 Å². The van der Waals surface area contributed by atoms with Gasteiger partial charge in [0.2, 0.25) is 5.91 Å². The average molecular weight is 1110 g/mol. The molecule has 1 amide bonds. The number of hydrogen-bond acceptors (Lipinski definition) is 5. The van der Waals surface area contributed by atoms with Crippen molar-refractivity contribution in [3.05, 3.63) is 12.2 Å². The molecule has 0 saturated carbocycles. The maximum absolute atomic E-state index is 12.6. The predicted molar refractivity (Wildman–Crippen MR) is 347 cm³/mol. The lowest BCUT2D eigenvalue weighted by Gasteiger charge is -2.22. The fraction of sp³-hybridized carbons (Fsp3) is 0.945. The van der Waals surface area contributed by atoms with Crippen LogP contribution in [0.4, 0.5) is 0 Å². The molecule has 3 N–H and O–H groups in total. The number of allylic oxidation sites excluding steroid dienone is 2. The highest BCUT2D eigenvalue weighted by atomic mass is 16.5. The van der Waals surface area contributed by atoms with Crippen molar-refractivity contribution in [2.75, 3.05) is 13.2 Å². The van der Waals surface area contributed by atoms with Gasteiger partial charge in [-0.15, -0.1) is 0 Å². The second kappa shape index (κ2) is 69.1. The van der Waals surface area contributed by atoms with Crippen molar-refractivity contribution >= 4 is 11.9 Å². The Balaban J connectivity index is 3.37. The lowest BCUT2D eigenvalue weighted by molar-refractivity contribution is -0.143. The Hall–Kier alpha value is -1.40. The minimum atomic E-state index is -0.666. The molecule has 0 aliphatic rings. The van der Waals surface area contributed by atoms with Crippen molar-refractivity contribution < 1.29 is 24.5 Å². The van der Waals surface area contributed by atoms with E-state index >= 15 is 0 Å². The molecule has 6 heteroatoms. The Labute approximate surface area is 495 Å². The number of hydrogen-bond donors (Lipinski definition) is 3. The van der Waals surface area contributed by atoms with Crippen molar-refractivity contribution in [1.82, 2.24) is 5.32 Å². The first-order chi connectivity index (χ1) is 39.0. The summed E-state index contributed by atoms with van der Waals surface area (Å²) in [5.74, 6) is -0.0202. The third-order valence-corrected chi connectivity index (χ3v) is 17.3. The van der Waals surface area contributed by atoms with Crippen LogP contribution in [0.1, 0.15) is 418 Å². The summed E-state index contributed by atoms with van der Waals surface area (Å²) >= 11 is 0. The van der Waals surface area contributed by atoms with Crippen LogP contribution in [0.25, 0.3) is 0 Å². The van der Waals surface area contributed by atoms with Gasteiger partial charge in [-0.1, -0.05) is 366 Å². The largest absolute Gasteiger partial charge is 0.466 e. The molecule has 0 bridgehead atoms. The van der Waals surface area contributed by atoms with Crippen LogP contribution < -0.4 is 5.32 Å². The molecule has 0 aliphatic carbocycles. The van der Waals surface area contributed by atoms with Gasteiger partial charge in [0.25, 0.3) is 0 Å². The number of esters is 1. The van der Waals surface area contributed by atoms with Crippen molar-refractivity contribution in [2.45, 2.75) is 431 Å². The second-order valence-corrected chi connectivity index (χ2v) is 25.3. The van der Waals surface area contributed by atoms with Gasteiger partial charge >= 0.3 is 5.97 Å². The summed E-state index contributed by atoms with van der Waals surface area (Å²) < 4.78 is 5.50. The molecule has 0 heterocycles. The van der Waals surface area contributed by atoms with E-state index in [1.807, 2.05) is 0 Å². The molecule has 0 aromatic heterocycles. The normalized spacial score (nSPS) is 12.5. The van der Waals surface area contributed by atoms with E-state index in [1.54, 1.807) is 0 Å². The van der Waals surface area contributed by atoms with E-state index in [0.717, 1.165) is 44.9 Å². The van der Waals surface area contributed by atoms with E-state index in [-0.39, 0.29) is 18.5 Å². The maximum Gasteiger partial charge on any atom is 0.305 e. The first-order valence-electron chi connectivity index (χ1n) is 36.4. The molecule has 6 nitrogen and oxygen atoms in total. The summed E-state index contributed by atoms with van der Waals surface area (Å²) in [6, 6.07) is -0.543. The third-order valence-electron chi connectivity index (χ3n) is 17.3. The van der Waals surface area contributed by atoms with E-state index in [4.69, 9.17) is 4.74 Å². The number of carbonyl (C=O) groups excluding carboxylic acids is 2. The van der Waals surface area contributed by atoms with Crippen LogP contribution in [-0.4, -0.2) is 47.4 Å². The lowest BCUT2D eigenvalue weighted by Crippen LogP contribution is -2.45. The topological polar surface area (TPSA) is 95.9 Å². The molecule has 0 aliphatic heterocycles. The van der Waals surface area contributed by atoms with Crippen molar-refractivity contribution in [2.24, 2.45) is 0 Å². The molecule has 79 heavy (non-hydrogen) atoms. The van der Waals surface area contributed by atoms with Gasteiger partial charge in [0, 0.05) is 12.8 Å². The van der Waals surface area contributed by atoms with Gasteiger partial charge in [-0.2, -0.15) is 0 Å². The molecular formula is C73H143NO5. The zero-order valence-corrected chi connectivity index (χ0v) is 53.9. The summed E-state index contributed by atoms with van der Waals surface area (Å²) in [5.41, 5.74) is 0. The van der Waals surface area contributed by atoms with E-state index in [1.165, 1.54) is 340 Å². The molecule has 0 aromatic carbocycles. The Kier molecular flexibility index (Phi) is 67.9. The highest BCUT2D eigenvalue weighted by molar-refractivity contribution is 5.76. The van der Waals surface area contributed by atoms with Crippen molar-refractivity contribution in [3.63, 3.8) is 0 Å². The molecule has 0 radical (unpaired) electrons. The number of rotatable bonds is 69. The van der Waals surface area contributed by atoms with Gasteiger partial charge in [-0.25, -0.2) is 0 Å². The molecular weight excluding hydrogens is 971 g/mol. The Morgan fingerprint density at radius 1 is 0.342 bits per heavy atom. The van der Waals surface area contributed by atoms with Crippen LogP contribution in [0, 0.1) is 0 Å². The third kappa shape index (κ3) is 65.6. The van der Waals surface area contributed by atoms with Crippen LogP contribution in [0.15, 0.2) is 12.2 Å². The molecule has 2 atom stereocenters. The summed E-state index contributed by atoms with van der Waals surface area (Å²) in [4.78, 5) is 24.7. The minimum Gasteiger partial charge on any atom is -0.466 e. The smallest absolute Gasteiger partial charge is 0.305 e. The molecule has 2 unspecified atom stereocenters. The predicted octanol–water partition coefficient (Wildman–Crippen LogP) is 23.5. The van der Waals surface area contributed by atoms with Crippen LogP contribution in [0.2, 0.25) is 0 Å². The zero-order valence-electron chi connectivity index (χ0n) is 53.9. The van der Waals surface area contributed by atoms with E-state index in [0.29, 0.717) is 25.9 Å². The molecule has 0 aromatic rings. The minimum absolute atomic E-state index is 0.0102. The van der Waals surface area contributed by atoms with Crippen molar-refractivity contribution in [1.29, 1.82) is 0 Å². The number of aliphatic hydroxyl groups is 2. The molecule has 0 spiro atoms. The summed E-state index contributed by atoms with van der Waals surface area (Å²) in [6.07, 6.45) is 85.5. The van der Waals surface area contributed by atoms with Crippen LogP contribution in [0.5, 0.6) is 0 Å². The number of nitrogens with one attached hydrogen (secondary N) is 1. The van der Waals surface area contributed by atoms with Crippen molar-refractivity contribution in [3.8, 4) is 0 Å². The number of ether oxygens (including phenoxy) is 1. The number of amides is 1.